The second kappa shape index (κ2) is 15.9. The molecule has 5 heteroatoms. The first-order valence-electron chi connectivity index (χ1n) is 4.52. The van der Waals surface area contributed by atoms with Crippen molar-refractivity contribution in [2.24, 2.45) is 5.41 Å². The zero-order chi connectivity index (χ0) is 14.5. The quantitative estimate of drug-likeness (QED) is 0.383. The van der Waals surface area contributed by atoms with Gasteiger partial charge in [-0.3, -0.25) is 4.79 Å². The van der Waals surface area contributed by atoms with E-state index in [1.165, 1.54) is 0 Å². The molecule has 0 unspecified atom stereocenters. The van der Waals surface area contributed by atoms with Gasteiger partial charge in [0.05, 0.1) is 0 Å². The van der Waals surface area contributed by atoms with Crippen molar-refractivity contribution in [3.63, 3.8) is 0 Å². The average molecular weight is 290 g/mol. The Morgan fingerprint density at radius 1 is 1.11 bits per heavy atom. The normalized spacial score (nSPS) is 14.3. The van der Waals surface area contributed by atoms with Gasteiger partial charge in [0.15, 0.2) is 5.78 Å². The number of rotatable bonds is 0. The zero-order valence-corrected chi connectivity index (χ0v) is 11.5. The Balaban J connectivity index is -0.000000123. The van der Waals surface area contributed by atoms with E-state index in [2.05, 4.69) is 39.9 Å². The molecule has 0 amide bonds. The minimum atomic E-state index is 0. The standard InChI is InChI=1S/C10H14O.3CO.Fe/c1-8-5-4-6-10(2,3)7-9(8)11;3*1-2;/h4-6H,7H2,1-3H3;;;;. The van der Waals surface area contributed by atoms with Gasteiger partial charge in [0.25, 0.3) is 0 Å². The van der Waals surface area contributed by atoms with Crippen molar-refractivity contribution in [2.45, 2.75) is 27.2 Å². The fraction of sp³-hybridized carbons (Fsp3) is 0.385. The van der Waals surface area contributed by atoms with Crippen LogP contribution in [-0.4, -0.2) is 5.78 Å². The molecule has 98 valence electrons. The molecule has 0 aliphatic heterocycles. The molecule has 0 aromatic carbocycles. The van der Waals surface area contributed by atoms with Crippen LogP contribution < -0.4 is 0 Å². The predicted octanol–water partition coefficient (Wildman–Crippen LogP) is 2.37. The third-order valence-corrected chi connectivity index (χ3v) is 1.95. The summed E-state index contributed by atoms with van der Waals surface area (Å²) in [6.45, 7) is 19.5. The molecule has 0 fully saturated rings. The Bertz CT molecular complexity index is 331. The van der Waals surface area contributed by atoms with Crippen molar-refractivity contribution in [1.29, 1.82) is 0 Å². The van der Waals surface area contributed by atoms with Crippen LogP contribution in [0.1, 0.15) is 27.2 Å². The summed E-state index contributed by atoms with van der Waals surface area (Å²) in [6.07, 6.45) is 6.57. The summed E-state index contributed by atoms with van der Waals surface area (Å²) >= 11 is 0. The third kappa shape index (κ3) is 13.0. The fourth-order valence-corrected chi connectivity index (χ4v) is 1.16. The van der Waals surface area contributed by atoms with Crippen LogP contribution in [0.2, 0.25) is 0 Å². The van der Waals surface area contributed by atoms with Crippen LogP contribution in [0.4, 0.5) is 0 Å². The van der Waals surface area contributed by atoms with Crippen LogP contribution in [0.25, 0.3) is 0 Å². The number of ketones is 1. The number of hydrogen-bond acceptors (Lipinski definition) is 1. The average Bonchev–Trinajstić information content (AvgIpc) is 2.46. The number of carbonyl (C=O) groups is 1. The van der Waals surface area contributed by atoms with Crippen LogP contribution in [0, 0.1) is 25.4 Å². The third-order valence-electron chi connectivity index (χ3n) is 1.95. The molecule has 0 bridgehead atoms. The summed E-state index contributed by atoms with van der Waals surface area (Å²) in [5, 5.41) is 0. The summed E-state index contributed by atoms with van der Waals surface area (Å²) < 4.78 is 22.5. The van der Waals surface area contributed by atoms with E-state index >= 15 is 0 Å². The molecule has 0 heterocycles. The molecular formula is C13H14FeO4. The molecule has 0 radical (unpaired) electrons. The maximum atomic E-state index is 11.3. The SMILES string of the molecule is CC1=CC=CC(C)(C)CC1=O.[C-]#[O+].[C-]#[O+].[C-]#[O+].[Fe]. The van der Waals surface area contributed by atoms with Gasteiger partial charge in [-0.25, -0.2) is 0 Å². The van der Waals surface area contributed by atoms with Gasteiger partial charge in [-0.15, -0.1) is 0 Å². The first-order valence-corrected chi connectivity index (χ1v) is 4.52. The van der Waals surface area contributed by atoms with Crippen LogP contribution in [0.5, 0.6) is 0 Å². The van der Waals surface area contributed by atoms with E-state index < -0.39 is 0 Å². The first-order chi connectivity index (χ1) is 8.01. The minimum absolute atomic E-state index is 0. The van der Waals surface area contributed by atoms with Gasteiger partial charge in [0.1, 0.15) is 0 Å². The van der Waals surface area contributed by atoms with Crippen LogP contribution in [0.15, 0.2) is 23.8 Å². The number of allylic oxidation sites excluding steroid dienone is 4. The van der Waals surface area contributed by atoms with E-state index in [0.29, 0.717) is 6.42 Å². The topological polar surface area (TPSA) is 76.8 Å². The summed E-state index contributed by atoms with van der Waals surface area (Å²) in [6, 6.07) is 0. The maximum Gasteiger partial charge on any atom is 0 e. The fourth-order valence-electron chi connectivity index (χ4n) is 1.16. The molecule has 0 spiro atoms. The van der Waals surface area contributed by atoms with E-state index in [1.54, 1.807) is 0 Å². The largest absolute Gasteiger partial charge is 0 e. The van der Waals surface area contributed by atoms with Gasteiger partial charge >= 0.3 is 33.9 Å². The molecule has 0 aromatic rings. The molecule has 0 saturated carbocycles. The number of carbonyl (C=O) groups excluding carboxylic acids is 1. The Kier molecular flexibility index (Phi) is 22.7. The van der Waals surface area contributed by atoms with Crippen LogP contribution >= 0.6 is 0 Å². The summed E-state index contributed by atoms with van der Waals surface area (Å²) in [5.74, 6) is 0.264. The van der Waals surface area contributed by atoms with E-state index in [0.717, 1.165) is 5.57 Å². The smallest absolute Gasteiger partial charge is 0 e. The van der Waals surface area contributed by atoms with Crippen molar-refractivity contribution in [2.75, 3.05) is 0 Å². The second-order valence-electron chi connectivity index (χ2n) is 3.80. The molecule has 0 atom stereocenters. The molecule has 0 aromatic heterocycles. The van der Waals surface area contributed by atoms with Gasteiger partial charge in [0.2, 0.25) is 0 Å². The van der Waals surface area contributed by atoms with E-state index in [4.69, 9.17) is 14.0 Å². The molecule has 1 aliphatic carbocycles. The molecule has 1 aliphatic rings. The van der Waals surface area contributed by atoms with Gasteiger partial charge in [0, 0.05) is 23.5 Å². The zero-order valence-electron chi connectivity index (χ0n) is 10.4. The minimum Gasteiger partial charge on any atom is 0 e. The number of hydrogen-bond donors (Lipinski definition) is 0. The van der Waals surface area contributed by atoms with Gasteiger partial charge in [-0.05, 0) is 17.9 Å². The Morgan fingerprint density at radius 2 is 1.50 bits per heavy atom. The Morgan fingerprint density at radius 3 is 1.89 bits per heavy atom. The molecule has 4 nitrogen and oxygen atoms in total. The van der Waals surface area contributed by atoms with Crippen molar-refractivity contribution < 1.29 is 35.8 Å². The predicted molar refractivity (Wildman–Crippen MR) is 58.1 cm³/mol. The number of Topliss-reactive ketones (excluding diaryl/α,β-unsaturated/α-hetero) is 1. The second-order valence-corrected chi connectivity index (χ2v) is 3.80. The molecule has 18 heavy (non-hydrogen) atoms. The summed E-state index contributed by atoms with van der Waals surface area (Å²) in [4.78, 5) is 11.3. The van der Waals surface area contributed by atoms with Crippen molar-refractivity contribution in [3.05, 3.63) is 43.8 Å². The van der Waals surface area contributed by atoms with Crippen LogP contribution in [0.3, 0.4) is 0 Å². The van der Waals surface area contributed by atoms with Crippen molar-refractivity contribution >= 4 is 5.78 Å². The summed E-state index contributed by atoms with van der Waals surface area (Å²) in [7, 11) is 0. The van der Waals surface area contributed by atoms with E-state index in [1.807, 2.05) is 19.1 Å². The van der Waals surface area contributed by atoms with Crippen LogP contribution in [-0.2, 0) is 35.8 Å². The molecule has 1 rings (SSSR count). The Hall–Kier alpha value is -1.11. The van der Waals surface area contributed by atoms with Crippen molar-refractivity contribution in [3.8, 4) is 0 Å². The molecule has 0 saturated heterocycles. The van der Waals surface area contributed by atoms with Crippen molar-refractivity contribution in [1.82, 2.24) is 0 Å². The summed E-state index contributed by atoms with van der Waals surface area (Å²) in [5.41, 5.74) is 0.901. The molecule has 0 N–H and O–H groups in total. The van der Waals surface area contributed by atoms with E-state index in [9.17, 15) is 4.79 Å². The van der Waals surface area contributed by atoms with Gasteiger partial charge in [-0.2, -0.15) is 0 Å². The maximum absolute atomic E-state index is 11.3. The van der Waals surface area contributed by atoms with Gasteiger partial charge in [-0.1, -0.05) is 32.1 Å². The Labute approximate surface area is 118 Å². The van der Waals surface area contributed by atoms with Gasteiger partial charge < -0.3 is 0 Å². The van der Waals surface area contributed by atoms with E-state index in [-0.39, 0.29) is 28.3 Å². The first kappa shape index (κ1) is 25.7. The monoisotopic (exact) mass is 290 g/mol. The molecular weight excluding hydrogens is 276 g/mol.